The van der Waals surface area contributed by atoms with Crippen LogP contribution in [0.3, 0.4) is 0 Å². The standard InChI is InChI=1S/C11H7N5S2/c12-6-9-10(14-16-13)18-15-11(9)17-7-8-4-2-1-3-5-8/h1-5H,7H2. The summed E-state index contributed by atoms with van der Waals surface area (Å²) >= 11 is 2.51. The predicted octanol–water partition coefficient (Wildman–Crippen LogP) is 4.25. The van der Waals surface area contributed by atoms with Crippen molar-refractivity contribution in [3.63, 3.8) is 0 Å². The van der Waals surface area contributed by atoms with Crippen LogP contribution in [0.15, 0.2) is 40.5 Å². The molecule has 2 aromatic rings. The largest absolute Gasteiger partial charge is 0.192 e. The monoisotopic (exact) mass is 273 g/mol. The van der Waals surface area contributed by atoms with Crippen molar-refractivity contribution in [2.45, 2.75) is 10.8 Å². The van der Waals surface area contributed by atoms with Gasteiger partial charge >= 0.3 is 0 Å². The van der Waals surface area contributed by atoms with Crippen LogP contribution in [-0.2, 0) is 5.75 Å². The lowest BCUT2D eigenvalue weighted by Gasteiger charge is -1.98. The molecule has 1 aromatic heterocycles. The summed E-state index contributed by atoms with van der Waals surface area (Å²) in [5.41, 5.74) is 9.89. The summed E-state index contributed by atoms with van der Waals surface area (Å²) in [5.74, 6) is 0.731. The molecule has 5 nitrogen and oxygen atoms in total. The average molecular weight is 273 g/mol. The number of azide groups is 1. The van der Waals surface area contributed by atoms with Gasteiger partial charge in [-0.15, -0.1) is 0 Å². The number of aromatic nitrogens is 1. The lowest BCUT2D eigenvalue weighted by atomic mass is 10.2. The normalized spacial score (nSPS) is 9.50. The molecular formula is C11H7N5S2. The van der Waals surface area contributed by atoms with Crippen LogP contribution in [0.4, 0.5) is 5.00 Å². The number of hydrogen-bond acceptors (Lipinski definition) is 5. The minimum absolute atomic E-state index is 0.329. The van der Waals surface area contributed by atoms with E-state index in [1.807, 2.05) is 36.4 Å². The molecule has 0 aliphatic carbocycles. The third kappa shape index (κ3) is 2.81. The molecule has 0 bridgehead atoms. The van der Waals surface area contributed by atoms with Gasteiger partial charge < -0.3 is 0 Å². The van der Waals surface area contributed by atoms with Gasteiger partial charge in [-0.2, -0.15) is 9.64 Å². The van der Waals surface area contributed by atoms with E-state index in [9.17, 15) is 0 Å². The number of thioether (sulfide) groups is 1. The maximum Gasteiger partial charge on any atom is 0.130 e. The van der Waals surface area contributed by atoms with E-state index in [-0.39, 0.29) is 0 Å². The van der Waals surface area contributed by atoms with Gasteiger partial charge in [0.2, 0.25) is 0 Å². The molecule has 0 aliphatic heterocycles. The first-order chi connectivity index (χ1) is 8.85. The first kappa shape index (κ1) is 12.5. The second kappa shape index (κ2) is 6.07. The minimum Gasteiger partial charge on any atom is -0.192 e. The lowest BCUT2D eigenvalue weighted by molar-refractivity contribution is 1.24. The molecule has 0 unspecified atom stereocenters. The highest BCUT2D eigenvalue weighted by Gasteiger charge is 2.12. The van der Waals surface area contributed by atoms with Gasteiger partial charge in [-0.25, -0.2) is 0 Å². The van der Waals surface area contributed by atoms with E-state index in [0.717, 1.165) is 22.8 Å². The Morgan fingerprint density at radius 2 is 2.22 bits per heavy atom. The van der Waals surface area contributed by atoms with E-state index in [4.69, 9.17) is 10.8 Å². The van der Waals surface area contributed by atoms with Crippen molar-refractivity contribution in [3.05, 3.63) is 51.9 Å². The van der Waals surface area contributed by atoms with Gasteiger partial charge in [-0.05, 0) is 27.7 Å². The van der Waals surface area contributed by atoms with E-state index >= 15 is 0 Å². The van der Waals surface area contributed by atoms with Crippen molar-refractivity contribution in [1.82, 2.24) is 4.37 Å². The van der Waals surface area contributed by atoms with Crippen LogP contribution < -0.4 is 0 Å². The number of nitriles is 1. The molecule has 0 radical (unpaired) electrons. The molecule has 2 rings (SSSR count). The molecule has 0 aliphatic rings. The van der Waals surface area contributed by atoms with Crippen LogP contribution in [0.2, 0.25) is 0 Å². The molecule has 0 fully saturated rings. The molecule has 0 amide bonds. The van der Waals surface area contributed by atoms with Gasteiger partial charge in [0.15, 0.2) is 0 Å². The molecule has 0 saturated carbocycles. The molecule has 0 N–H and O–H groups in total. The third-order valence-corrected chi connectivity index (χ3v) is 4.00. The van der Waals surface area contributed by atoms with Gasteiger partial charge in [0.05, 0.1) is 0 Å². The summed E-state index contributed by atoms with van der Waals surface area (Å²) < 4.78 is 4.14. The van der Waals surface area contributed by atoms with E-state index in [2.05, 4.69) is 14.4 Å². The van der Waals surface area contributed by atoms with Crippen molar-refractivity contribution < 1.29 is 0 Å². The summed E-state index contributed by atoms with van der Waals surface area (Å²) in [7, 11) is 0. The van der Waals surface area contributed by atoms with E-state index in [0.29, 0.717) is 15.6 Å². The predicted molar refractivity (Wildman–Crippen MR) is 71.6 cm³/mol. The van der Waals surface area contributed by atoms with Crippen molar-refractivity contribution in [2.75, 3.05) is 0 Å². The van der Waals surface area contributed by atoms with E-state index in [1.165, 1.54) is 11.8 Å². The number of nitrogens with zero attached hydrogens (tertiary/aromatic N) is 5. The van der Waals surface area contributed by atoms with Crippen LogP contribution in [0.25, 0.3) is 10.4 Å². The Morgan fingerprint density at radius 1 is 1.44 bits per heavy atom. The molecule has 18 heavy (non-hydrogen) atoms. The SMILES string of the molecule is N#Cc1c(SCc2ccccc2)nsc1N=[N+]=[N-]. The van der Waals surface area contributed by atoms with Gasteiger partial charge in [0.25, 0.3) is 0 Å². The Bertz CT molecular complexity index is 623. The zero-order chi connectivity index (χ0) is 12.8. The second-order valence-corrected chi connectivity index (χ2v) is 4.96. The van der Waals surface area contributed by atoms with Crippen LogP contribution in [0.1, 0.15) is 11.1 Å². The smallest absolute Gasteiger partial charge is 0.130 e. The Balaban J connectivity index is 2.15. The summed E-state index contributed by atoms with van der Waals surface area (Å²) in [6.07, 6.45) is 0. The molecule has 88 valence electrons. The summed E-state index contributed by atoms with van der Waals surface area (Å²) in [6, 6.07) is 11.9. The molecule has 0 spiro atoms. The Kier molecular flexibility index (Phi) is 4.20. The van der Waals surface area contributed by atoms with Crippen LogP contribution in [0, 0.1) is 11.3 Å². The quantitative estimate of drug-likeness (QED) is 0.361. The summed E-state index contributed by atoms with van der Waals surface area (Å²) in [5, 5.41) is 13.4. The number of benzene rings is 1. The van der Waals surface area contributed by atoms with E-state index < -0.39 is 0 Å². The Labute approximate surface area is 112 Å². The van der Waals surface area contributed by atoms with Crippen LogP contribution in [0.5, 0.6) is 0 Å². The van der Waals surface area contributed by atoms with Crippen molar-refractivity contribution in [1.29, 1.82) is 5.26 Å². The fourth-order valence-electron chi connectivity index (χ4n) is 1.30. The first-order valence-electron chi connectivity index (χ1n) is 4.96. The van der Waals surface area contributed by atoms with Gasteiger partial charge in [0, 0.05) is 10.7 Å². The highest BCUT2D eigenvalue weighted by atomic mass is 32.2. The topological polar surface area (TPSA) is 85.4 Å². The van der Waals surface area contributed by atoms with Crippen LogP contribution >= 0.6 is 23.3 Å². The highest BCUT2D eigenvalue weighted by Crippen LogP contribution is 2.34. The fourth-order valence-corrected chi connectivity index (χ4v) is 3.03. The number of hydrogen-bond donors (Lipinski definition) is 0. The maximum absolute atomic E-state index is 9.03. The Hall–Kier alpha value is -2.00. The van der Waals surface area contributed by atoms with Crippen LogP contribution in [-0.4, -0.2) is 4.37 Å². The lowest BCUT2D eigenvalue weighted by Crippen LogP contribution is -1.81. The molecule has 1 heterocycles. The second-order valence-electron chi connectivity index (χ2n) is 3.24. The van der Waals surface area contributed by atoms with Gasteiger partial charge in [-0.3, -0.25) is 0 Å². The van der Waals surface area contributed by atoms with Gasteiger partial charge in [0.1, 0.15) is 21.7 Å². The highest BCUT2D eigenvalue weighted by molar-refractivity contribution is 7.98. The summed E-state index contributed by atoms with van der Waals surface area (Å²) in [4.78, 5) is 2.68. The van der Waals surface area contributed by atoms with Crippen molar-refractivity contribution >= 4 is 28.3 Å². The Morgan fingerprint density at radius 3 is 2.89 bits per heavy atom. The fraction of sp³-hybridized carbons (Fsp3) is 0.0909. The molecule has 0 saturated heterocycles. The number of rotatable bonds is 4. The molecular weight excluding hydrogens is 266 g/mol. The first-order valence-corrected chi connectivity index (χ1v) is 6.72. The summed E-state index contributed by atoms with van der Waals surface area (Å²) in [6.45, 7) is 0. The zero-order valence-electron chi connectivity index (χ0n) is 9.15. The maximum atomic E-state index is 9.03. The van der Waals surface area contributed by atoms with E-state index in [1.54, 1.807) is 0 Å². The van der Waals surface area contributed by atoms with Crippen molar-refractivity contribution in [2.24, 2.45) is 5.11 Å². The van der Waals surface area contributed by atoms with Crippen molar-refractivity contribution in [3.8, 4) is 6.07 Å². The third-order valence-electron chi connectivity index (χ3n) is 2.11. The average Bonchev–Trinajstić information content (AvgIpc) is 2.80. The molecule has 7 heteroatoms. The zero-order valence-corrected chi connectivity index (χ0v) is 10.8. The molecule has 0 atom stereocenters. The van der Waals surface area contributed by atoms with Gasteiger partial charge in [-0.1, -0.05) is 42.1 Å². The minimum atomic E-state index is 0.329. The molecule has 1 aromatic carbocycles.